The van der Waals surface area contributed by atoms with Crippen molar-refractivity contribution in [2.24, 2.45) is 5.10 Å². The molecule has 1 aliphatic heterocycles. The largest absolute Gasteiger partial charge is 0.493 e. The lowest BCUT2D eigenvalue weighted by atomic mass is 10.1. The third-order valence-corrected chi connectivity index (χ3v) is 6.27. The van der Waals surface area contributed by atoms with Crippen LogP contribution < -0.4 is 14.2 Å². The van der Waals surface area contributed by atoms with Gasteiger partial charge in [0.2, 0.25) is 10.9 Å². The molecule has 1 aromatic heterocycles. The Bertz CT molecular complexity index is 1190. The molecular formula is C22H21ClN4O5S. The van der Waals surface area contributed by atoms with Gasteiger partial charge in [0.05, 0.1) is 38.2 Å². The number of carboxylic acid groups (broad SMARTS) is 1. The number of hydrogen-bond acceptors (Lipinski definition) is 8. The predicted octanol–water partition coefficient (Wildman–Crippen LogP) is 4.22. The zero-order valence-corrected chi connectivity index (χ0v) is 19.7. The van der Waals surface area contributed by atoms with Gasteiger partial charge in [0.1, 0.15) is 0 Å². The summed E-state index contributed by atoms with van der Waals surface area (Å²) in [7, 11) is 3.09. The van der Waals surface area contributed by atoms with Gasteiger partial charge in [-0.15, -0.1) is 10.2 Å². The van der Waals surface area contributed by atoms with E-state index in [-0.39, 0.29) is 6.42 Å². The molecule has 2 aromatic carbocycles. The molecule has 1 aliphatic rings. The molecule has 3 aromatic rings. The second-order valence-corrected chi connectivity index (χ2v) is 8.56. The van der Waals surface area contributed by atoms with Crippen LogP contribution in [0.5, 0.6) is 17.2 Å². The number of carboxylic acids is 1. The summed E-state index contributed by atoms with van der Waals surface area (Å²) in [6.07, 6.45) is -0.112. The summed E-state index contributed by atoms with van der Waals surface area (Å²) in [5.74, 6) is 0.988. The van der Waals surface area contributed by atoms with E-state index in [0.717, 1.165) is 5.56 Å². The Kier molecular flexibility index (Phi) is 6.75. The molecule has 0 radical (unpaired) electrons. The highest BCUT2D eigenvalue weighted by Gasteiger charge is 2.31. The van der Waals surface area contributed by atoms with Crippen molar-refractivity contribution < 1.29 is 24.1 Å². The maximum absolute atomic E-state index is 11.5. The van der Waals surface area contributed by atoms with Gasteiger partial charge in [-0.25, -0.2) is 0 Å². The zero-order chi connectivity index (χ0) is 23.5. The summed E-state index contributed by atoms with van der Waals surface area (Å²) in [4.78, 5) is 11.5. The van der Waals surface area contributed by atoms with Crippen LogP contribution >= 0.6 is 23.4 Å². The van der Waals surface area contributed by atoms with E-state index in [1.54, 1.807) is 43.2 Å². The first-order chi connectivity index (χ1) is 15.9. The molecule has 11 heteroatoms. The van der Waals surface area contributed by atoms with Crippen LogP contribution in [0.15, 0.2) is 46.7 Å². The Morgan fingerprint density at radius 2 is 1.79 bits per heavy atom. The number of halogens is 1. The number of ether oxygens (including phenoxy) is 3. The third kappa shape index (κ3) is 4.62. The summed E-state index contributed by atoms with van der Waals surface area (Å²) < 4.78 is 18.3. The van der Waals surface area contributed by atoms with Gasteiger partial charge in [-0.3, -0.25) is 4.79 Å². The number of benzene rings is 2. The minimum atomic E-state index is -0.927. The van der Waals surface area contributed by atoms with E-state index in [0.29, 0.717) is 51.1 Å². The van der Waals surface area contributed by atoms with Crippen LogP contribution in [-0.4, -0.2) is 57.7 Å². The number of fused-ring (bicyclic) bond motifs is 1. The maximum atomic E-state index is 11.5. The van der Waals surface area contributed by atoms with Gasteiger partial charge in [0.15, 0.2) is 17.3 Å². The van der Waals surface area contributed by atoms with E-state index in [1.165, 1.54) is 11.8 Å². The second-order valence-electron chi connectivity index (χ2n) is 6.96. The van der Waals surface area contributed by atoms with Crippen molar-refractivity contribution in [1.82, 2.24) is 14.9 Å². The minimum Gasteiger partial charge on any atom is -0.493 e. The fourth-order valence-corrected chi connectivity index (χ4v) is 4.64. The normalized spacial score (nSPS) is 14.9. The predicted molar refractivity (Wildman–Crippen MR) is 125 cm³/mol. The SMILES string of the molecule is CCOc1c(OC)cc(-c2nnc3n2N=C(c2ccc(Cl)cc2)C(CC(=O)O)S3)cc1OC. The van der Waals surface area contributed by atoms with Gasteiger partial charge in [-0.1, -0.05) is 35.5 Å². The van der Waals surface area contributed by atoms with Crippen LogP contribution in [0.4, 0.5) is 0 Å². The topological polar surface area (TPSA) is 108 Å². The number of aliphatic carboxylic acids is 1. The third-order valence-electron chi connectivity index (χ3n) is 4.88. The van der Waals surface area contributed by atoms with E-state index in [1.807, 2.05) is 19.1 Å². The molecule has 172 valence electrons. The van der Waals surface area contributed by atoms with Gasteiger partial charge in [-0.2, -0.15) is 9.78 Å². The smallest absolute Gasteiger partial charge is 0.304 e. The van der Waals surface area contributed by atoms with Crippen molar-refractivity contribution in [2.75, 3.05) is 20.8 Å². The number of carbonyl (C=O) groups is 1. The Balaban J connectivity index is 1.84. The standard InChI is InChI=1S/C22H21ClN4O5S/c1-4-32-20-15(30-2)9-13(10-16(20)31-3)21-24-25-22-27(21)26-19(17(33-22)11-18(28)29)12-5-7-14(23)8-6-12/h5-10,17H,4,11H2,1-3H3,(H,28,29). The monoisotopic (exact) mass is 488 g/mol. The van der Waals surface area contributed by atoms with Gasteiger partial charge >= 0.3 is 5.97 Å². The van der Waals surface area contributed by atoms with E-state index in [4.69, 9.17) is 30.9 Å². The van der Waals surface area contributed by atoms with E-state index in [9.17, 15) is 9.90 Å². The maximum Gasteiger partial charge on any atom is 0.304 e. The van der Waals surface area contributed by atoms with Crippen molar-refractivity contribution >= 4 is 35.0 Å². The lowest BCUT2D eigenvalue weighted by Gasteiger charge is -2.22. The molecule has 4 rings (SSSR count). The minimum absolute atomic E-state index is 0.112. The molecule has 1 atom stereocenters. The Labute approximate surface area is 199 Å². The van der Waals surface area contributed by atoms with Crippen LogP contribution in [0, 0.1) is 0 Å². The fraction of sp³-hybridized carbons (Fsp3) is 0.273. The van der Waals surface area contributed by atoms with Crippen LogP contribution in [0.1, 0.15) is 18.9 Å². The molecule has 0 saturated heterocycles. The average molecular weight is 489 g/mol. The van der Waals surface area contributed by atoms with Crippen molar-refractivity contribution in [3.8, 4) is 28.6 Å². The van der Waals surface area contributed by atoms with Crippen molar-refractivity contribution in [1.29, 1.82) is 0 Å². The van der Waals surface area contributed by atoms with Crippen molar-refractivity contribution in [2.45, 2.75) is 23.8 Å². The van der Waals surface area contributed by atoms with Gasteiger partial charge in [-0.05, 0) is 36.8 Å². The molecular weight excluding hydrogens is 468 g/mol. The number of hydrogen-bond donors (Lipinski definition) is 1. The second kappa shape index (κ2) is 9.72. The molecule has 0 spiro atoms. The van der Waals surface area contributed by atoms with Gasteiger partial charge in [0, 0.05) is 10.6 Å². The summed E-state index contributed by atoms with van der Waals surface area (Å²) in [6.45, 7) is 2.32. The Hall–Kier alpha value is -3.24. The van der Waals surface area contributed by atoms with E-state index < -0.39 is 11.2 Å². The van der Waals surface area contributed by atoms with E-state index >= 15 is 0 Å². The number of rotatable bonds is 8. The number of aromatic nitrogens is 3. The molecule has 0 saturated carbocycles. The first-order valence-electron chi connectivity index (χ1n) is 10.0. The highest BCUT2D eigenvalue weighted by atomic mass is 35.5. The first kappa shape index (κ1) is 22.9. The molecule has 0 amide bonds. The van der Waals surface area contributed by atoms with Crippen LogP contribution in [-0.2, 0) is 4.79 Å². The van der Waals surface area contributed by atoms with Gasteiger partial charge in [0.25, 0.3) is 0 Å². The summed E-state index contributed by atoms with van der Waals surface area (Å²) in [6, 6.07) is 10.7. The first-order valence-corrected chi connectivity index (χ1v) is 11.3. The highest BCUT2D eigenvalue weighted by Crippen LogP contribution is 2.42. The zero-order valence-electron chi connectivity index (χ0n) is 18.1. The van der Waals surface area contributed by atoms with E-state index in [2.05, 4.69) is 10.2 Å². The molecule has 2 heterocycles. The molecule has 0 fully saturated rings. The van der Waals surface area contributed by atoms with Crippen molar-refractivity contribution in [3.63, 3.8) is 0 Å². The average Bonchev–Trinajstić information content (AvgIpc) is 3.21. The lowest BCUT2D eigenvalue weighted by molar-refractivity contribution is -0.136. The van der Waals surface area contributed by atoms with Gasteiger partial charge < -0.3 is 19.3 Å². The summed E-state index contributed by atoms with van der Waals surface area (Å²) >= 11 is 7.33. The number of methoxy groups -OCH3 is 2. The molecule has 33 heavy (non-hydrogen) atoms. The van der Waals surface area contributed by atoms with Crippen LogP contribution in [0.2, 0.25) is 5.02 Å². The van der Waals surface area contributed by atoms with Crippen molar-refractivity contribution in [3.05, 3.63) is 47.0 Å². The summed E-state index contributed by atoms with van der Waals surface area (Å²) in [5.41, 5.74) is 2.02. The Morgan fingerprint density at radius 1 is 1.12 bits per heavy atom. The number of nitrogens with zero attached hydrogens (tertiary/aromatic N) is 4. The van der Waals surface area contributed by atoms with Crippen LogP contribution in [0.3, 0.4) is 0 Å². The fourth-order valence-electron chi connectivity index (χ4n) is 3.42. The number of thioether (sulfide) groups is 1. The molecule has 0 bridgehead atoms. The quantitative estimate of drug-likeness (QED) is 0.502. The molecule has 9 nitrogen and oxygen atoms in total. The Morgan fingerprint density at radius 3 is 2.36 bits per heavy atom. The molecule has 0 aliphatic carbocycles. The molecule has 1 N–H and O–H groups in total. The van der Waals surface area contributed by atoms with Crippen LogP contribution in [0.25, 0.3) is 11.4 Å². The molecule has 1 unspecified atom stereocenters. The lowest BCUT2D eigenvalue weighted by Crippen LogP contribution is -2.27. The highest BCUT2D eigenvalue weighted by molar-refractivity contribution is 8.00. The summed E-state index contributed by atoms with van der Waals surface area (Å²) in [5, 5.41) is 23.4.